The van der Waals surface area contributed by atoms with E-state index >= 15 is 0 Å². The molecule has 0 saturated carbocycles. The van der Waals surface area contributed by atoms with E-state index in [-0.39, 0.29) is 23.9 Å². The Morgan fingerprint density at radius 3 is 3.14 bits per heavy atom. The Morgan fingerprint density at radius 1 is 1.41 bits per heavy atom. The van der Waals surface area contributed by atoms with E-state index in [2.05, 4.69) is 10.3 Å². The summed E-state index contributed by atoms with van der Waals surface area (Å²) in [7, 11) is 0. The lowest BCUT2D eigenvalue weighted by Crippen LogP contribution is -2.52. The normalized spacial score (nSPS) is 31.0. The van der Waals surface area contributed by atoms with Gasteiger partial charge in [0.25, 0.3) is 0 Å². The topological polar surface area (TPSA) is 86.3 Å². The Kier molecular flexibility index (Phi) is 3.41. The molecule has 1 aromatic rings. The molecule has 4 rings (SSSR count). The van der Waals surface area contributed by atoms with Gasteiger partial charge in [-0.2, -0.15) is 0 Å². The molecule has 1 amide bonds. The Balaban J connectivity index is 1.46. The third kappa shape index (κ3) is 2.32. The number of carbonyl (C=O) groups is 1. The third-order valence-corrected chi connectivity index (χ3v) is 5.40. The molecule has 7 nitrogen and oxygen atoms in total. The first-order chi connectivity index (χ1) is 10.7. The van der Waals surface area contributed by atoms with Crippen LogP contribution in [-0.2, 0) is 28.9 Å². The smallest absolute Gasteiger partial charge is 0.244 e. The molecule has 120 valence electrons. The number of nitrogens with two attached hydrogens (primary N) is 1. The van der Waals surface area contributed by atoms with E-state index in [0.717, 1.165) is 37.1 Å². The molecular formula is C15H23N5O2. The van der Waals surface area contributed by atoms with Gasteiger partial charge >= 0.3 is 0 Å². The number of nitrogens with zero attached hydrogens (tertiary/aromatic N) is 4. The zero-order chi connectivity index (χ0) is 15.2. The summed E-state index contributed by atoms with van der Waals surface area (Å²) in [6.07, 6.45) is 5.12. The van der Waals surface area contributed by atoms with Crippen molar-refractivity contribution in [2.24, 2.45) is 11.7 Å². The van der Waals surface area contributed by atoms with Crippen LogP contribution in [0.5, 0.6) is 0 Å². The average Bonchev–Trinajstić information content (AvgIpc) is 3.08. The van der Waals surface area contributed by atoms with Crippen LogP contribution < -0.4 is 5.73 Å². The second-order valence-electron chi connectivity index (χ2n) is 6.88. The molecule has 2 aliphatic heterocycles. The average molecular weight is 305 g/mol. The van der Waals surface area contributed by atoms with Crippen LogP contribution in [0.1, 0.15) is 30.7 Å². The van der Waals surface area contributed by atoms with Gasteiger partial charge in [-0.1, -0.05) is 5.21 Å². The number of aromatic nitrogens is 3. The molecule has 3 heterocycles. The lowest BCUT2D eigenvalue weighted by atomic mass is 9.84. The fraction of sp³-hybridized carbons (Fsp3) is 0.800. The predicted octanol–water partition coefficient (Wildman–Crippen LogP) is -0.267. The molecule has 0 unspecified atom stereocenters. The molecule has 0 bridgehead atoms. The molecule has 2 atom stereocenters. The SMILES string of the molecule is N[C@@]12CCOC[C@@H]1CN(C(=O)Cn1nnc3c1CCCC3)C2. The van der Waals surface area contributed by atoms with Crippen molar-refractivity contribution >= 4 is 5.91 Å². The largest absolute Gasteiger partial charge is 0.381 e. The molecule has 2 fully saturated rings. The number of hydrogen-bond donors (Lipinski definition) is 1. The van der Waals surface area contributed by atoms with Gasteiger partial charge in [-0.25, -0.2) is 4.68 Å². The Morgan fingerprint density at radius 2 is 2.27 bits per heavy atom. The minimum absolute atomic E-state index is 0.0949. The third-order valence-electron chi connectivity index (χ3n) is 5.40. The predicted molar refractivity (Wildman–Crippen MR) is 79.1 cm³/mol. The molecule has 0 radical (unpaired) electrons. The quantitative estimate of drug-likeness (QED) is 0.813. The number of ether oxygens (including phenoxy) is 1. The van der Waals surface area contributed by atoms with Crippen molar-refractivity contribution in [2.45, 2.75) is 44.2 Å². The van der Waals surface area contributed by atoms with Crippen LogP contribution >= 0.6 is 0 Å². The standard InChI is InChI=1S/C15H23N5O2/c16-15-5-6-22-9-11(15)7-19(10-15)14(21)8-20-13-4-2-1-3-12(13)17-18-20/h11H,1-10,16H2/t11-,15+/m0/s1. The Hall–Kier alpha value is -1.47. The molecule has 1 aliphatic carbocycles. The lowest BCUT2D eigenvalue weighted by Gasteiger charge is -2.34. The van der Waals surface area contributed by atoms with Crippen molar-refractivity contribution in [3.63, 3.8) is 0 Å². The van der Waals surface area contributed by atoms with Crippen molar-refractivity contribution in [3.05, 3.63) is 11.4 Å². The Bertz CT molecular complexity index is 586. The molecule has 7 heteroatoms. The van der Waals surface area contributed by atoms with E-state index in [1.165, 1.54) is 6.42 Å². The van der Waals surface area contributed by atoms with Crippen LogP contribution in [0.3, 0.4) is 0 Å². The summed E-state index contributed by atoms with van der Waals surface area (Å²) in [5, 5.41) is 8.40. The van der Waals surface area contributed by atoms with E-state index in [9.17, 15) is 4.79 Å². The van der Waals surface area contributed by atoms with Gasteiger partial charge in [0.2, 0.25) is 5.91 Å². The molecule has 1 aromatic heterocycles. The first-order valence-corrected chi connectivity index (χ1v) is 8.21. The molecule has 22 heavy (non-hydrogen) atoms. The first kappa shape index (κ1) is 14.1. The minimum Gasteiger partial charge on any atom is -0.381 e. The molecule has 3 aliphatic rings. The number of rotatable bonds is 2. The van der Waals surface area contributed by atoms with E-state index in [0.29, 0.717) is 26.3 Å². The maximum absolute atomic E-state index is 12.6. The summed E-state index contributed by atoms with van der Waals surface area (Å²) in [6, 6.07) is 0. The van der Waals surface area contributed by atoms with Crippen LogP contribution in [0.25, 0.3) is 0 Å². The van der Waals surface area contributed by atoms with Gasteiger partial charge in [0.1, 0.15) is 6.54 Å². The minimum atomic E-state index is -0.268. The summed E-state index contributed by atoms with van der Waals surface area (Å²) in [4.78, 5) is 14.5. The lowest BCUT2D eigenvalue weighted by molar-refractivity contribution is -0.131. The maximum Gasteiger partial charge on any atom is 0.244 e. The van der Waals surface area contributed by atoms with Crippen molar-refractivity contribution in [3.8, 4) is 0 Å². The van der Waals surface area contributed by atoms with E-state index in [1.54, 1.807) is 4.68 Å². The summed E-state index contributed by atoms with van der Waals surface area (Å²) in [5.41, 5.74) is 8.41. The molecule has 2 N–H and O–H groups in total. The van der Waals surface area contributed by atoms with Gasteiger partial charge in [-0.15, -0.1) is 5.10 Å². The molecule has 0 spiro atoms. The van der Waals surface area contributed by atoms with Gasteiger partial charge in [0.05, 0.1) is 18.0 Å². The van der Waals surface area contributed by atoms with Gasteiger partial charge in [0, 0.05) is 31.2 Å². The monoisotopic (exact) mass is 305 g/mol. The highest BCUT2D eigenvalue weighted by atomic mass is 16.5. The fourth-order valence-corrected chi connectivity index (χ4v) is 3.95. The zero-order valence-electron chi connectivity index (χ0n) is 12.8. The number of carbonyl (C=O) groups excluding carboxylic acids is 1. The number of amides is 1. The summed E-state index contributed by atoms with van der Waals surface area (Å²) in [6.45, 7) is 2.99. The van der Waals surface area contributed by atoms with Gasteiger partial charge in [-0.05, 0) is 32.1 Å². The van der Waals surface area contributed by atoms with E-state index < -0.39 is 0 Å². The van der Waals surface area contributed by atoms with Crippen molar-refractivity contribution < 1.29 is 9.53 Å². The van der Waals surface area contributed by atoms with Crippen LogP contribution in [0.15, 0.2) is 0 Å². The number of likely N-dealkylation sites (tertiary alicyclic amines) is 1. The first-order valence-electron chi connectivity index (χ1n) is 8.21. The number of aryl methyl sites for hydroxylation is 1. The number of fused-ring (bicyclic) bond motifs is 2. The van der Waals surface area contributed by atoms with Crippen molar-refractivity contribution in [1.82, 2.24) is 19.9 Å². The maximum atomic E-state index is 12.6. The van der Waals surface area contributed by atoms with Crippen molar-refractivity contribution in [1.29, 1.82) is 0 Å². The molecule has 0 aromatic carbocycles. The van der Waals surface area contributed by atoms with Crippen LogP contribution in [0.2, 0.25) is 0 Å². The van der Waals surface area contributed by atoms with Gasteiger partial charge < -0.3 is 15.4 Å². The van der Waals surface area contributed by atoms with Crippen molar-refractivity contribution in [2.75, 3.05) is 26.3 Å². The zero-order valence-corrected chi connectivity index (χ0v) is 12.8. The fourth-order valence-electron chi connectivity index (χ4n) is 3.95. The van der Waals surface area contributed by atoms with Crippen LogP contribution in [0, 0.1) is 5.92 Å². The highest BCUT2D eigenvalue weighted by molar-refractivity contribution is 5.76. The molecular weight excluding hydrogens is 282 g/mol. The van der Waals surface area contributed by atoms with Crippen LogP contribution in [0.4, 0.5) is 0 Å². The van der Waals surface area contributed by atoms with Crippen LogP contribution in [-0.4, -0.2) is 57.6 Å². The van der Waals surface area contributed by atoms with Gasteiger partial charge in [0.15, 0.2) is 0 Å². The van der Waals surface area contributed by atoms with E-state index in [1.807, 2.05) is 4.90 Å². The Labute approximate surface area is 129 Å². The molecule has 2 saturated heterocycles. The summed E-state index contributed by atoms with van der Waals surface area (Å²) >= 11 is 0. The van der Waals surface area contributed by atoms with E-state index in [4.69, 9.17) is 10.5 Å². The second kappa shape index (κ2) is 5.31. The number of hydrogen-bond acceptors (Lipinski definition) is 5. The van der Waals surface area contributed by atoms with Gasteiger partial charge in [-0.3, -0.25) is 4.79 Å². The summed E-state index contributed by atoms with van der Waals surface area (Å²) < 4.78 is 7.30. The summed E-state index contributed by atoms with van der Waals surface area (Å²) in [5.74, 6) is 0.354. The second-order valence-corrected chi connectivity index (χ2v) is 6.88. The highest BCUT2D eigenvalue weighted by Crippen LogP contribution is 2.32. The highest BCUT2D eigenvalue weighted by Gasteiger charge is 2.46.